The van der Waals surface area contributed by atoms with Gasteiger partial charge in [0, 0.05) is 17.1 Å². The molecule has 1 amide bonds. The summed E-state index contributed by atoms with van der Waals surface area (Å²) in [5, 5.41) is 3.01. The highest BCUT2D eigenvalue weighted by Gasteiger charge is 2.16. The molecule has 0 radical (unpaired) electrons. The highest BCUT2D eigenvalue weighted by atomic mass is 35.5. The number of benzene rings is 2. The Labute approximate surface area is 140 Å². The largest absolute Gasteiger partial charge is 0.349 e. The summed E-state index contributed by atoms with van der Waals surface area (Å²) in [6, 6.07) is 12.1. The highest BCUT2D eigenvalue weighted by molar-refractivity contribution is 7.92. The van der Waals surface area contributed by atoms with Crippen molar-refractivity contribution < 1.29 is 13.2 Å². The van der Waals surface area contributed by atoms with Gasteiger partial charge >= 0.3 is 0 Å². The molecule has 0 aliphatic rings. The monoisotopic (exact) mass is 350 g/mol. The van der Waals surface area contributed by atoms with Crippen molar-refractivity contribution in [2.45, 2.75) is 4.90 Å². The number of sulfonamides is 1. The first-order chi connectivity index (χ1) is 10.9. The van der Waals surface area contributed by atoms with Crippen LogP contribution >= 0.6 is 11.6 Å². The maximum Gasteiger partial charge on any atom is 0.261 e. The third kappa shape index (κ3) is 4.58. The number of hydrogen-bond donors (Lipinski definition) is 2. The predicted molar refractivity (Wildman–Crippen MR) is 91.2 cm³/mol. The molecule has 5 nitrogen and oxygen atoms in total. The molecule has 0 fully saturated rings. The Hall–Kier alpha value is -2.31. The van der Waals surface area contributed by atoms with Crippen molar-refractivity contribution >= 4 is 33.2 Å². The number of rotatable bonds is 6. The maximum absolute atomic E-state index is 12.4. The van der Waals surface area contributed by atoms with E-state index in [1.54, 1.807) is 24.3 Å². The summed E-state index contributed by atoms with van der Waals surface area (Å²) >= 11 is 5.84. The first-order valence-corrected chi connectivity index (χ1v) is 8.56. The molecule has 23 heavy (non-hydrogen) atoms. The van der Waals surface area contributed by atoms with E-state index in [4.69, 9.17) is 11.6 Å². The zero-order chi connectivity index (χ0) is 16.9. The molecule has 0 aliphatic carbocycles. The molecule has 0 heterocycles. The van der Waals surface area contributed by atoms with Crippen molar-refractivity contribution in [1.82, 2.24) is 5.32 Å². The van der Waals surface area contributed by atoms with E-state index in [9.17, 15) is 13.2 Å². The molecule has 0 unspecified atom stereocenters. The SMILES string of the molecule is C=CCNC(=O)c1cccc(S(=O)(=O)Nc2cccc(Cl)c2)c1. The molecule has 0 bridgehead atoms. The van der Waals surface area contributed by atoms with E-state index in [1.165, 1.54) is 30.3 Å². The normalized spacial score (nSPS) is 10.8. The van der Waals surface area contributed by atoms with Crippen LogP contribution in [0.3, 0.4) is 0 Å². The lowest BCUT2D eigenvalue weighted by Gasteiger charge is -2.09. The molecule has 120 valence electrons. The van der Waals surface area contributed by atoms with Crippen molar-refractivity contribution in [3.8, 4) is 0 Å². The number of nitrogens with one attached hydrogen (secondary N) is 2. The van der Waals surface area contributed by atoms with Gasteiger partial charge in [0.15, 0.2) is 0 Å². The van der Waals surface area contributed by atoms with Gasteiger partial charge in [0.2, 0.25) is 0 Å². The fourth-order valence-corrected chi connectivity index (χ4v) is 3.12. The van der Waals surface area contributed by atoms with E-state index < -0.39 is 10.0 Å². The summed E-state index contributed by atoms with van der Waals surface area (Å²) in [5.41, 5.74) is 0.597. The van der Waals surface area contributed by atoms with Crippen LogP contribution in [0.5, 0.6) is 0 Å². The van der Waals surface area contributed by atoms with Crippen molar-refractivity contribution in [2.24, 2.45) is 0 Å². The lowest BCUT2D eigenvalue weighted by Crippen LogP contribution is -2.23. The van der Waals surface area contributed by atoms with Gasteiger partial charge in [-0.25, -0.2) is 8.42 Å². The first kappa shape index (κ1) is 17.1. The van der Waals surface area contributed by atoms with E-state index in [2.05, 4.69) is 16.6 Å². The van der Waals surface area contributed by atoms with Gasteiger partial charge in [-0.05, 0) is 36.4 Å². The van der Waals surface area contributed by atoms with Crippen LogP contribution in [0.4, 0.5) is 5.69 Å². The van der Waals surface area contributed by atoms with Gasteiger partial charge in [-0.15, -0.1) is 6.58 Å². The lowest BCUT2D eigenvalue weighted by molar-refractivity contribution is 0.0958. The molecule has 0 aliphatic heterocycles. The summed E-state index contributed by atoms with van der Waals surface area (Å²) in [7, 11) is -3.82. The molecule has 2 rings (SSSR count). The number of carbonyl (C=O) groups is 1. The average Bonchev–Trinajstić information content (AvgIpc) is 2.52. The molecule has 7 heteroatoms. The molecule has 2 aromatic carbocycles. The zero-order valence-electron chi connectivity index (χ0n) is 12.1. The molecular weight excluding hydrogens is 336 g/mol. The van der Waals surface area contributed by atoms with Gasteiger partial charge in [0.1, 0.15) is 0 Å². The fraction of sp³-hybridized carbons (Fsp3) is 0.0625. The Kier molecular flexibility index (Phi) is 5.41. The Morgan fingerprint density at radius 1 is 1.17 bits per heavy atom. The number of halogens is 1. The minimum atomic E-state index is -3.82. The predicted octanol–water partition coefficient (Wildman–Crippen LogP) is 3.06. The molecule has 0 spiro atoms. The summed E-state index contributed by atoms with van der Waals surface area (Å²) in [6.07, 6.45) is 1.54. The highest BCUT2D eigenvalue weighted by Crippen LogP contribution is 2.20. The van der Waals surface area contributed by atoms with Gasteiger partial charge in [0.05, 0.1) is 10.6 Å². The third-order valence-corrected chi connectivity index (χ3v) is 4.50. The summed E-state index contributed by atoms with van der Waals surface area (Å²) in [6.45, 7) is 3.81. The van der Waals surface area contributed by atoms with Crippen LogP contribution in [0.1, 0.15) is 10.4 Å². The van der Waals surface area contributed by atoms with Crippen molar-refractivity contribution in [3.63, 3.8) is 0 Å². The van der Waals surface area contributed by atoms with Crippen molar-refractivity contribution in [1.29, 1.82) is 0 Å². The Balaban J connectivity index is 2.26. The Bertz CT molecular complexity index is 835. The summed E-state index contributed by atoms with van der Waals surface area (Å²) < 4.78 is 27.2. The summed E-state index contributed by atoms with van der Waals surface area (Å²) in [4.78, 5) is 11.9. The molecule has 0 saturated heterocycles. The van der Waals surface area contributed by atoms with E-state index >= 15 is 0 Å². The second-order valence-corrected chi connectivity index (χ2v) is 6.76. The third-order valence-electron chi connectivity index (χ3n) is 2.89. The number of anilines is 1. The number of amides is 1. The fourth-order valence-electron chi connectivity index (χ4n) is 1.84. The average molecular weight is 351 g/mol. The topological polar surface area (TPSA) is 75.3 Å². The van der Waals surface area contributed by atoms with E-state index in [-0.39, 0.29) is 16.4 Å². The minimum Gasteiger partial charge on any atom is -0.349 e. The van der Waals surface area contributed by atoms with Crippen LogP contribution in [0, 0.1) is 0 Å². The smallest absolute Gasteiger partial charge is 0.261 e. The Morgan fingerprint density at radius 2 is 1.91 bits per heavy atom. The second-order valence-electron chi connectivity index (χ2n) is 4.64. The van der Waals surface area contributed by atoms with Crippen LogP contribution in [0.15, 0.2) is 66.1 Å². The minimum absolute atomic E-state index is 0.0104. The van der Waals surface area contributed by atoms with Crippen LogP contribution in [-0.2, 0) is 10.0 Å². The van der Waals surface area contributed by atoms with Crippen LogP contribution < -0.4 is 10.0 Å². The lowest BCUT2D eigenvalue weighted by atomic mass is 10.2. The van der Waals surface area contributed by atoms with Gasteiger partial charge in [-0.1, -0.05) is 29.8 Å². The van der Waals surface area contributed by atoms with Crippen LogP contribution in [0.25, 0.3) is 0 Å². The van der Waals surface area contributed by atoms with Crippen LogP contribution in [-0.4, -0.2) is 20.9 Å². The van der Waals surface area contributed by atoms with E-state index in [1.807, 2.05) is 0 Å². The second kappa shape index (κ2) is 7.30. The van der Waals surface area contributed by atoms with Gasteiger partial charge in [-0.2, -0.15) is 0 Å². The molecule has 0 aromatic heterocycles. The van der Waals surface area contributed by atoms with Gasteiger partial charge in [-0.3, -0.25) is 9.52 Å². The van der Waals surface area contributed by atoms with Crippen LogP contribution in [0.2, 0.25) is 5.02 Å². The van der Waals surface area contributed by atoms with Crippen molar-refractivity contribution in [3.05, 3.63) is 71.8 Å². The summed E-state index contributed by atoms with van der Waals surface area (Å²) in [5.74, 6) is -0.371. The quantitative estimate of drug-likeness (QED) is 0.786. The standard InChI is InChI=1S/C16H15ClN2O3S/c1-2-9-18-16(20)12-5-3-8-15(10-12)23(21,22)19-14-7-4-6-13(17)11-14/h2-8,10-11,19H,1,9H2,(H,18,20). The van der Waals surface area contributed by atoms with Gasteiger partial charge in [0.25, 0.3) is 15.9 Å². The molecule has 2 aromatic rings. The molecule has 0 atom stereocenters. The zero-order valence-corrected chi connectivity index (χ0v) is 13.7. The Morgan fingerprint density at radius 3 is 2.61 bits per heavy atom. The number of carbonyl (C=O) groups excluding carboxylic acids is 1. The van der Waals surface area contributed by atoms with Crippen molar-refractivity contribution in [2.75, 3.05) is 11.3 Å². The maximum atomic E-state index is 12.4. The molecule has 2 N–H and O–H groups in total. The molecular formula is C16H15ClN2O3S. The molecule has 0 saturated carbocycles. The number of hydrogen-bond acceptors (Lipinski definition) is 3. The first-order valence-electron chi connectivity index (χ1n) is 6.70. The van der Waals surface area contributed by atoms with E-state index in [0.717, 1.165) is 0 Å². The van der Waals surface area contributed by atoms with E-state index in [0.29, 0.717) is 17.3 Å². The van der Waals surface area contributed by atoms with Gasteiger partial charge < -0.3 is 5.32 Å².